The first-order valence-corrected chi connectivity index (χ1v) is 5.14. The number of pyridine rings is 1. The normalized spacial score (nSPS) is 20.7. The minimum atomic E-state index is -0.768. The van der Waals surface area contributed by atoms with Crippen molar-refractivity contribution in [2.75, 3.05) is 13.1 Å². The highest BCUT2D eigenvalue weighted by atomic mass is 35.5. The molecule has 1 aromatic rings. The number of rotatable bonds is 1. The molecule has 1 aliphatic heterocycles. The smallest absolute Gasteiger partial charge is 0.109 e. The van der Waals surface area contributed by atoms with E-state index >= 15 is 0 Å². The summed E-state index contributed by atoms with van der Waals surface area (Å²) in [4.78, 5) is 4.16. The average Bonchev–Trinajstić information content (AvgIpc) is 2.19. The summed E-state index contributed by atoms with van der Waals surface area (Å²) >= 11 is 5.74. The molecule has 0 atom stereocenters. The van der Waals surface area contributed by atoms with Crippen LogP contribution in [-0.4, -0.2) is 23.2 Å². The van der Waals surface area contributed by atoms with Gasteiger partial charge in [0.2, 0.25) is 0 Å². The van der Waals surface area contributed by atoms with Crippen molar-refractivity contribution in [2.45, 2.75) is 18.4 Å². The molecule has 2 rings (SSSR count). The van der Waals surface area contributed by atoms with Gasteiger partial charge in [0.15, 0.2) is 0 Å². The molecule has 3 nitrogen and oxygen atoms in total. The zero-order valence-electron chi connectivity index (χ0n) is 7.83. The van der Waals surface area contributed by atoms with Crippen LogP contribution in [0.15, 0.2) is 18.3 Å². The van der Waals surface area contributed by atoms with Crippen molar-refractivity contribution >= 4 is 11.6 Å². The van der Waals surface area contributed by atoms with Crippen LogP contribution in [0.4, 0.5) is 0 Å². The van der Waals surface area contributed by atoms with E-state index in [1.165, 1.54) is 0 Å². The molecule has 0 aromatic carbocycles. The fourth-order valence-corrected chi connectivity index (χ4v) is 1.86. The molecule has 0 bridgehead atoms. The maximum Gasteiger partial charge on any atom is 0.109 e. The molecule has 14 heavy (non-hydrogen) atoms. The van der Waals surface area contributed by atoms with Crippen LogP contribution in [0.1, 0.15) is 18.5 Å². The van der Waals surface area contributed by atoms with Gasteiger partial charge in [-0.1, -0.05) is 11.6 Å². The van der Waals surface area contributed by atoms with Gasteiger partial charge in [0, 0.05) is 6.20 Å². The van der Waals surface area contributed by atoms with Crippen molar-refractivity contribution in [1.82, 2.24) is 10.3 Å². The number of aliphatic hydroxyl groups is 1. The molecule has 4 heteroatoms. The zero-order chi connectivity index (χ0) is 10.0. The first-order chi connectivity index (χ1) is 6.71. The largest absolute Gasteiger partial charge is 0.383 e. The third kappa shape index (κ3) is 1.90. The second-order valence-electron chi connectivity index (χ2n) is 3.64. The molecule has 0 unspecified atom stereocenters. The van der Waals surface area contributed by atoms with Gasteiger partial charge in [0.25, 0.3) is 0 Å². The molecular formula is C10H13ClN2O. The lowest BCUT2D eigenvalue weighted by molar-refractivity contribution is 0.00188. The maximum atomic E-state index is 10.3. The maximum absolute atomic E-state index is 10.3. The van der Waals surface area contributed by atoms with Crippen molar-refractivity contribution in [3.8, 4) is 0 Å². The van der Waals surface area contributed by atoms with Gasteiger partial charge >= 0.3 is 0 Å². The van der Waals surface area contributed by atoms with Crippen LogP contribution < -0.4 is 5.32 Å². The molecule has 1 saturated heterocycles. The highest BCUT2D eigenvalue weighted by molar-refractivity contribution is 6.30. The lowest BCUT2D eigenvalue weighted by atomic mass is 9.89. The average molecular weight is 213 g/mol. The van der Waals surface area contributed by atoms with E-state index in [2.05, 4.69) is 10.3 Å². The number of halogens is 1. The Bertz CT molecular complexity index is 306. The summed E-state index contributed by atoms with van der Waals surface area (Å²) in [7, 11) is 0. The van der Waals surface area contributed by atoms with Crippen molar-refractivity contribution in [3.63, 3.8) is 0 Å². The first-order valence-electron chi connectivity index (χ1n) is 4.76. The number of piperidine rings is 1. The highest BCUT2D eigenvalue weighted by Crippen LogP contribution is 2.29. The van der Waals surface area contributed by atoms with E-state index in [9.17, 15) is 5.11 Å². The molecule has 0 amide bonds. The number of nitrogens with one attached hydrogen (secondary N) is 1. The van der Waals surface area contributed by atoms with E-state index in [1.807, 2.05) is 0 Å². The Morgan fingerprint density at radius 1 is 1.36 bits per heavy atom. The third-order valence-corrected chi connectivity index (χ3v) is 2.86. The van der Waals surface area contributed by atoms with E-state index in [1.54, 1.807) is 18.3 Å². The van der Waals surface area contributed by atoms with E-state index in [-0.39, 0.29) is 0 Å². The Labute approximate surface area is 88.1 Å². The van der Waals surface area contributed by atoms with Gasteiger partial charge in [0.05, 0.1) is 10.7 Å². The number of nitrogens with zero attached hydrogens (tertiary/aromatic N) is 1. The predicted molar refractivity (Wildman–Crippen MR) is 55.2 cm³/mol. The number of aromatic nitrogens is 1. The van der Waals surface area contributed by atoms with Crippen LogP contribution in [0.3, 0.4) is 0 Å². The second-order valence-corrected chi connectivity index (χ2v) is 4.08. The summed E-state index contributed by atoms with van der Waals surface area (Å²) in [5.41, 5.74) is -0.0426. The molecule has 2 N–H and O–H groups in total. The number of hydrogen-bond donors (Lipinski definition) is 2. The van der Waals surface area contributed by atoms with Crippen molar-refractivity contribution in [2.24, 2.45) is 0 Å². The van der Waals surface area contributed by atoms with Gasteiger partial charge < -0.3 is 10.4 Å². The Hall–Kier alpha value is -0.640. The van der Waals surface area contributed by atoms with Gasteiger partial charge in [-0.05, 0) is 38.1 Å². The lowest BCUT2D eigenvalue weighted by Gasteiger charge is -2.31. The van der Waals surface area contributed by atoms with Crippen LogP contribution >= 0.6 is 11.6 Å². The molecule has 0 saturated carbocycles. The standard InChI is InChI=1S/C10H13ClN2O/c11-8-1-2-9(13-7-8)10(14)3-5-12-6-4-10/h1-2,7,12,14H,3-6H2. The van der Waals surface area contributed by atoms with Crippen molar-refractivity contribution in [3.05, 3.63) is 29.0 Å². The topological polar surface area (TPSA) is 45.2 Å². The summed E-state index contributed by atoms with van der Waals surface area (Å²) in [5.74, 6) is 0. The van der Waals surface area contributed by atoms with Crippen molar-refractivity contribution < 1.29 is 5.11 Å². The van der Waals surface area contributed by atoms with Crippen LogP contribution in [0.25, 0.3) is 0 Å². The quantitative estimate of drug-likeness (QED) is 0.738. The Morgan fingerprint density at radius 2 is 2.07 bits per heavy atom. The fraction of sp³-hybridized carbons (Fsp3) is 0.500. The Balaban J connectivity index is 2.23. The Kier molecular flexibility index (Phi) is 2.72. The summed E-state index contributed by atoms with van der Waals surface area (Å²) in [6.45, 7) is 1.67. The molecule has 1 fully saturated rings. The molecule has 0 spiro atoms. The summed E-state index contributed by atoms with van der Waals surface area (Å²) < 4.78 is 0. The molecule has 1 aliphatic rings. The van der Waals surface area contributed by atoms with E-state index in [0.29, 0.717) is 17.9 Å². The van der Waals surface area contributed by atoms with Gasteiger partial charge in [-0.15, -0.1) is 0 Å². The molecular weight excluding hydrogens is 200 g/mol. The van der Waals surface area contributed by atoms with Gasteiger partial charge in [-0.3, -0.25) is 4.98 Å². The van der Waals surface area contributed by atoms with Crippen molar-refractivity contribution in [1.29, 1.82) is 0 Å². The molecule has 1 aromatic heterocycles. The third-order valence-electron chi connectivity index (χ3n) is 2.63. The van der Waals surface area contributed by atoms with E-state index < -0.39 is 5.60 Å². The molecule has 76 valence electrons. The minimum absolute atomic E-state index is 0.603. The van der Waals surface area contributed by atoms with Gasteiger partial charge in [0.1, 0.15) is 5.60 Å². The SMILES string of the molecule is OC1(c2ccc(Cl)cn2)CCNCC1. The summed E-state index contributed by atoms with van der Waals surface area (Å²) in [6, 6.07) is 3.57. The van der Waals surface area contributed by atoms with E-state index in [4.69, 9.17) is 11.6 Å². The monoisotopic (exact) mass is 212 g/mol. The zero-order valence-corrected chi connectivity index (χ0v) is 8.59. The van der Waals surface area contributed by atoms with Gasteiger partial charge in [-0.25, -0.2) is 0 Å². The van der Waals surface area contributed by atoms with Crippen LogP contribution in [0, 0.1) is 0 Å². The highest BCUT2D eigenvalue weighted by Gasteiger charge is 2.32. The fourth-order valence-electron chi connectivity index (χ4n) is 1.75. The summed E-state index contributed by atoms with van der Waals surface area (Å²) in [5, 5.41) is 14.1. The summed E-state index contributed by atoms with van der Waals surface area (Å²) in [6.07, 6.45) is 3.00. The van der Waals surface area contributed by atoms with Gasteiger partial charge in [-0.2, -0.15) is 0 Å². The predicted octanol–water partition coefficient (Wildman–Crippen LogP) is 1.31. The van der Waals surface area contributed by atoms with Crippen LogP contribution in [0.2, 0.25) is 5.02 Å². The minimum Gasteiger partial charge on any atom is -0.383 e. The Morgan fingerprint density at radius 3 is 2.64 bits per heavy atom. The first kappa shape index (κ1) is 9.90. The molecule has 0 radical (unpaired) electrons. The molecule has 0 aliphatic carbocycles. The van der Waals surface area contributed by atoms with Crippen LogP contribution in [-0.2, 0) is 5.60 Å². The molecule has 2 heterocycles. The number of hydrogen-bond acceptors (Lipinski definition) is 3. The van der Waals surface area contributed by atoms with E-state index in [0.717, 1.165) is 18.8 Å². The van der Waals surface area contributed by atoms with Crippen LogP contribution in [0.5, 0.6) is 0 Å². The lowest BCUT2D eigenvalue weighted by Crippen LogP contribution is -2.40. The second kappa shape index (κ2) is 3.85.